The number of aromatic nitrogens is 1. The van der Waals surface area contributed by atoms with E-state index in [0.29, 0.717) is 10.6 Å². The molecule has 31 heavy (non-hydrogen) atoms. The molecule has 152 valence electrons. The number of benzene rings is 3. The highest BCUT2D eigenvalue weighted by Gasteiger charge is 2.36. The molecule has 0 spiro atoms. The number of thioether (sulfide) groups is 1. The number of carbonyl (C=O) groups is 2. The number of anilines is 1. The summed E-state index contributed by atoms with van der Waals surface area (Å²) in [4.78, 5) is 27.2. The zero-order chi connectivity index (χ0) is 21.4. The fraction of sp³-hybridized carbons (Fsp3) is 0.0769. The third-order valence-corrected chi connectivity index (χ3v) is 6.22. The third kappa shape index (κ3) is 3.68. The Morgan fingerprint density at radius 3 is 2.48 bits per heavy atom. The zero-order valence-corrected chi connectivity index (χ0v) is 17.8. The van der Waals surface area contributed by atoms with Crippen LogP contribution in [-0.4, -0.2) is 15.7 Å². The van der Waals surface area contributed by atoms with E-state index in [4.69, 9.17) is 0 Å². The zero-order valence-electron chi connectivity index (χ0n) is 17.0. The minimum atomic E-state index is -0.281. The molecule has 2 heterocycles. The average Bonchev–Trinajstić information content (AvgIpc) is 3.25. The Bertz CT molecular complexity index is 1340. The maximum Gasteiger partial charge on any atom is 0.298 e. The van der Waals surface area contributed by atoms with E-state index in [2.05, 4.69) is 54.1 Å². The van der Waals surface area contributed by atoms with Crippen LogP contribution in [0.4, 0.5) is 10.5 Å². The monoisotopic (exact) mass is 424 g/mol. The second-order valence-corrected chi connectivity index (χ2v) is 8.56. The summed E-state index contributed by atoms with van der Waals surface area (Å²) in [6.45, 7) is 2.83. The normalized spacial score (nSPS) is 15.4. The molecular weight excluding hydrogens is 404 g/mol. The summed E-state index contributed by atoms with van der Waals surface area (Å²) in [5.74, 6) is -0.281. The van der Waals surface area contributed by atoms with Crippen molar-refractivity contribution in [2.45, 2.75) is 13.5 Å². The van der Waals surface area contributed by atoms with Gasteiger partial charge in [-0.25, -0.2) is 4.90 Å². The van der Waals surface area contributed by atoms with E-state index in [1.807, 2.05) is 36.4 Å². The van der Waals surface area contributed by atoms with Gasteiger partial charge in [0.15, 0.2) is 0 Å². The highest BCUT2D eigenvalue weighted by atomic mass is 32.2. The molecule has 4 aromatic rings. The van der Waals surface area contributed by atoms with Crippen molar-refractivity contribution in [3.05, 3.63) is 107 Å². The Kier molecular flexibility index (Phi) is 4.96. The van der Waals surface area contributed by atoms with Crippen molar-refractivity contribution in [2.75, 3.05) is 4.90 Å². The minimum Gasteiger partial charge on any atom is -0.342 e. The number of imide groups is 1. The molecule has 0 saturated carbocycles. The molecule has 1 saturated heterocycles. The number of fused-ring (bicyclic) bond motifs is 1. The lowest BCUT2D eigenvalue weighted by molar-refractivity contribution is -0.113. The Morgan fingerprint density at radius 1 is 0.903 bits per heavy atom. The van der Waals surface area contributed by atoms with Crippen molar-refractivity contribution >= 4 is 45.6 Å². The van der Waals surface area contributed by atoms with Crippen LogP contribution in [-0.2, 0) is 11.3 Å². The number of hydrogen-bond donors (Lipinski definition) is 0. The summed E-state index contributed by atoms with van der Waals surface area (Å²) in [5, 5.41) is 0.785. The van der Waals surface area contributed by atoms with Gasteiger partial charge in [-0.1, -0.05) is 66.2 Å². The lowest BCUT2D eigenvalue weighted by atomic mass is 10.1. The highest BCUT2D eigenvalue weighted by molar-refractivity contribution is 8.19. The molecule has 0 N–H and O–H groups in total. The molecule has 3 aromatic carbocycles. The summed E-state index contributed by atoms with van der Waals surface area (Å²) < 4.78 is 2.19. The summed E-state index contributed by atoms with van der Waals surface area (Å²) >= 11 is 0.984. The van der Waals surface area contributed by atoms with Crippen LogP contribution in [0, 0.1) is 6.92 Å². The van der Waals surface area contributed by atoms with Crippen LogP contribution in [0.1, 0.15) is 16.7 Å². The first kappa shape index (κ1) is 19.4. The van der Waals surface area contributed by atoms with Gasteiger partial charge in [0.05, 0.1) is 10.6 Å². The predicted octanol–water partition coefficient (Wildman–Crippen LogP) is 6.24. The van der Waals surface area contributed by atoms with Gasteiger partial charge in [0, 0.05) is 29.2 Å². The molecule has 1 fully saturated rings. The fourth-order valence-electron chi connectivity index (χ4n) is 3.94. The van der Waals surface area contributed by atoms with Gasteiger partial charge in [0.2, 0.25) is 0 Å². The van der Waals surface area contributed by atoms with E-state index >= 15 is 0 Å². The smallest absolute Gasteiger partial charge is 0.298 e. The average molecular weight is 425 g/mol. The molecule has 1 aromatic heterocycles. The molecule has 1 aliphatic rings. The van der Waals surface area contributed by atoms with Crippen LogP contribution in [0.5, 0.6) is 0 Å². The molecular formula is C26H20N2O2S. The van der Waals surface area contributed by atoms with Crippen molar-refractivity contribution in [2.24, 2.45) is 0 Å². The van der Waals surface area contributed by atoms with Gasteiger partial charge in [-0.3, -0.25) is 9.59 Å². The van der Waals surface area contributed by atoms with Crippen LogP contribution in [0.15, 0.2) is 90.0 Å². The Morgan fingerprint density at radius 2 is 1.68 bits per heavy atom. The first-order chi connectivity index (χ1) is 15.1. The van der Waals surface area contributed by atoms with Gasteiger partial charge in [-0.15, -0.1) is 0 Å². The maximum atomic E-state index is 13.0. The Balaban J connectivity index is 1.53. The standard InChI is InChI=1S/C26H20N2O2S/c1-18-8-7-9-19(14-18)16-27-17-20(22-12-5-6-13-23(22)27)15-24-25(29)28(26(30)31-24)21-10-3-2-4-11-21/h2-15,17H,16H2,1H3/b24-15-. The summed E-state index contributed by atoms with van der Waals surface area (Å²) in [6, 6.07) is 25.6. The predicted molar refractivity (Wildman–Crippen MR) is 127 cm³/mol. The fourth-order valence-corrected chi connectivity index (χ4v) is 4.77. The summed E-state index contributed by atoms with van der Waals surface area (Å²) in [5.41, 5.74) is 5.06. The third-order valence-electron chi connectivity index (χ3n) is 5.35. The molecule has 1 aliphatic heterocycles. The second kappa shape index (κ2) is 7.93. The SMILES string of the molecule is Cc1cccc(Cn2cc(/C=C3\SC(=O)N(c4ccccc4)C3=O)c3ccccc32)c1. The van der Waals surface area contributed by atoms with Crippen LogP contribution in [0.25, 0.3) is 17.0 Å². The number of rotatable bonds is 4. The van der Waals surface area contributed by atoms with Crippen molar-refractivity contribution in [1.82, 2.24) is 4.57 Å². The lowest BCUT2D eigenvalue weighted by Crippen LogP contribution is -2.27. The highest BCUT2D eigenvalue weighted by Crippen LogP contribution is 2.36. The maximum absolute atomic E-state index is 13.0. The second-order valence-electron chi connectivity index (χ2n) is 7.57. The van der Waals surface area contributed by atoms with Crippen molar-refractivity contribution in [3.63, 3.8) is 0 Å². The first-order valence-corrected chi connectivity index (χ1v) is 10.9. The molecule has 0 aliphatic carbocycles. The number of carbonyl (C=O) groups excluding carboxylic acids is 2. The van der Waals surface area contributed by atoms with Gasteiger partial charge in [0.1, 0.15) is 0 Å². The van der Waals surface area contributed by atoms with Gasteiger partial charge >= 0.3 is 0 Å². The Hall–Kier alpha value is -3.57. The number of aryl methyl sites for hydroxylation is 1. The summed E-state index contributed by atoms with van der Waals surface area (Å²) in [6.07, 6.45) is 3.90. The number of amides is 2. The van der Waals surface area contributed by atoms with Crippen LogP contribution < -0.4 is 4.90 Å². The lowest BCUT2D eigenvalue weighted by Gasteiger charge is -2.11. The molecule has 5 heteroatoms. The van der Waals surface area contributed by atoms with E-state index < -0.39 is 0 Å². The van der Waals surface area contributed by atoms with E-state index in [9.17, 15) is 9.59 Å². The number of nitrogens with zero attached hydrogens (tertiary/aromatic N) is 2. The van der Waals surface area contributed by atoms with Gasteiger partial charge in [-0.05, 0) is 48.5 Å². The van der Waals surface area contributed by atoms with Gasteiger partial charge in [-0.2, -0.15) is 0 Å². The van der Waals surface area contributed by atoms with Crippen LogP contribution >= 0.6 is 11.8 Å². The summed E-state index contributed by atoms with van der Waals surface area (Å²) in [7, 11) is 0. The largest absolute Gasteiger partial charge is 0.342 e. The molecule has 0 unspecified atom stereocenters. The molecule has 0 atom stereocenters. The topological polar surface area (TPSA) is 42.3 Å². The minimum absolute atomic E-state index is 0.272. The molecule has 2 amide bonds. The van der Waals surface area contributed by atoms with E-state index in [1.54, 1.807) is 12.1 Å². The van der Waals surface area contributed by atoms with E-state index in [-0.39, 0.29) is 11.1 Å². The van der Waals surface area contributed by atoms with Crippen LogP contribution in [0.2, 0.25) is 0 Å². The number of para-hydroxylation sites is 2. The molecule has 5 rings (SSSR count). The van der Waals surface area contributed by atoms with Crippen LogP contribution in [0.3, 0.4) is 0 Å². The van der Waals surface area contributed by atoms with Crippen molar-refractivity contribution < 1.29 is 9.59 Å². The Labute approximate surface area is 184 Å². The van der Waals surface area contributed by atoms with E-state index in [1.165, 1.54) is 16.0 Å². The molecule has 0 bridgehead atoms. The number of hydrogen-bond acceptors (Lipinski definition) is 3. The van der Waals surface area contributed by atoms with Gasteiger partial charge < -0.3 is 4.57 Å². The van der Waals surface area contributed by atoms with Crippen molar-refractivity contribution in [3.8, 4) is 0 Å². The van der Waals surface area contributed by atoms with Crippen molar-refractivity contribution in [1.29, 1.82) is 0 Å². The van der Waals surface area contributed by atoms with Gasteiger partial charge in [0.25, 0.3) is 11.1 Å². The molecule has 0 radical (unpaired) electrons. The quantitative estimate of drug-likeness (QED) is 0.364. The first-order valence-electron chi connectivity index (χ1n) is 10.1. The van der Waals surface area contributed by atoms with E-state index in [0.717, 1.165) is 34.8 Å². The molecule has 4 nitrogen and oxygen atoms in total.